The third-order valence-electron chi connectivity index (χ3n) is 4.77. The molecule has 2 aliphatic rings. The molecule has 0 radical (unpaired) electrons. The Balaban J connectivity index is 1.59. The first-order valence-corrected chi connectivity index (χ1v) is 8.35. The van der Waals surface area contributed by atoms with Crippen LogP contribution in [0.25, 0.3) is 0 Å². The predicted octanol–water partition coefficient (Wildman–Crippen LogP) is 1.99. The maximum atomic E-state index is 12.4. The van der Waals surface area contributed by atoms with Crippen LogP contribution in [-0.4, -0.2) is 41.1 Å². The first-order chi connectivity index (χ1) is 11.5. The SMILES string of the molecule is Cc1ccc(C)c(OC[C@H](O)CN2C(=O)[C@H]3CC=CC[C@H]3C2=O)c1. The Morgan fingerprint density at radius 1 is 1.17 bits per heavy atom. The largest absolute Gasteiger partial charge is 0.491 e. The monoisotopic (exact) mass is 329 g/mol. The lowest BCUT2D eigenvalue weighted by molar-refractivity contribution is -0.141. The topological polar surface area (TPSA) is 66.8 Å². The van der Waals surface area contributed by atoms with Crippen molar-refractivity contribution in [3.63, 3.8) is 0 Å². The number of benzene rings is 1. The quantitative estimate of drug-likeness (QED) is 0.663. The van der Waals surface area contributed by atoms with Gasteiger partial charge in [-0.3, -0.25) is 14.5 Å². The molecule has 3 atom stereocenters. The van der Waals surface area contributed by atoms with E-state index in [4.69, 9.17) is 4.74 Å². The number of carbonyl (C=O) groups is 2. The summed E-state index contributed by atoms with van der Waals surface area (Å²) in [6.07, 6.45) is 4.24. The van der Waals surface area contributed by atoms with Gasteiger partial charge in [-0.15, -0.1) is 0 Å². The molecule has 2 amide bonds. The van der Waals surface area contributed by atoms with Gasteiger partial charge in [0.2, 0.25) is 11.8 Å². The second kappa shape index (κ2) is 6.77. The molecule has 1 aliphatic carbocycles. The van der Waals surface area contributed by atoms with Gasteiger partial charge < -0.3 is 9.84 Å². The average molecular weight is 329 g/mol. The van der Waals surface area contributed by atoms with Crippen molar-refractivity contribution in [3.05, 3.63) is 41.5 Å². The molecule has 0 bridgehead atoms. The number of ether oxygens (including phenoxy) is 1. The summed E-state index contributed by atoms with van der Waals surface area (Å²) in [6.45, 7) is 3.96. The average Bonchev–Trinajstić information content (AvgIpc) is 2.81. The number of aliphatic hydroxyl groups excluding tert-OH is 1. The number of hydrogen-bond donors (Lipinski definition) is 1. The molecule has 3 rings (SSSR count). The Kier molecular flexibility index (Phi) is 4.71. The Labute approximate surface area is 141 Å². The summed E-state index contributed by atoms with van der Waals surface area (Å²) in [5, 5.41) is 10.2. The second-order valence-electron chi connectivity index (χ2n) is 6.68. The highest BCUT2D eigenvalue weighted by Crippen LogP contribution is 2.35. The number of hydrogen-bond acceptors (Lipinski definition) is 4. The molecule has 1 heterocycles. The molecule has 5 nitrogen and oxygen atoms in total. The van der Waals surface area contributed by atoms with Crippen LogP contribution in [0.1, 0.15) is 24.0 Å². The van der Waals surface area contributed by atoms with Gasteiger partial charge in [-0.25, -0.2) is 0 Å². The summed E-state index contributed by atoms with van der Waals surface area (Å²) < 4.78 is 5.67. The van der Waals surface area contributed by atoms with E-state index in [0.29, 0.717) is 18.6 Å². The molecule has 0 spiro atoms. The molecule has 1 aromatic carbocycles. The van der Waals surface area contributed by atoms with Crippen LogP contribution in [0.3, 0.4) is 0 Å². The number of aliphatic hydroxyl groups is 1. The molecule has 0 aromatic heterocycles. The van der Waals surface area contributed by atoms with Crippen LogP contribution < -0.4 is 4.74 Å². The van der Waals surface area contributed by atoms with Gasteiger partial charge in [-0.2, -0.15) is 0 Å². The lowest BCUT2D eigenvalue weighted by atomic mass is 9.85. The molecule has 5 heteroatoms. The first-order valence-electron chi connectivity index (χ1n) is 8.35. The third-order valence-corrected chi connectivity index (χ3v) is 4.77. The fourth-order valence-electron chi connectivity index (χ4n) is 3.36. The van der Waals surface area contributed by atoms with Crippen molar-refractivity contribution in [3.8, 4) is 5.75 Å². The van der Waals surface area contributed by atoms with Crippen LogP contribution in [0.5, 0.6) is 5.75 Å². The fourth-order valence-corrected chi connectivity index (χ4v) is 3.36. The number of amides is 2. The number of aryl methyl sites for hydroxylation is 2. The minimum atomic E-state index is -0.897. The van der Waals surface area contributed by atoms with Crippen molar-refractivity contribution in [1.82, 2.24) is 4.90 Å². The highest BCUT2D eigenvalue weighted by Gasteiger charge is 2.47. The second-order valence-corrected chi connectivity index (χ2v) is 6.68. The van der Waals surface area contributed by atoms with E-state index in [1.165, 1.54) is 4.90 Å². The van der Waals surface area contributed by atoms with Crippen LogP contribution >= 0.6 is 0 Å². The number of β-amino-alcohol motifs (C(OH)–C–C–N with tert-alkyl or cyclic N) is 1. The zero-order valence-corrected chi connectivity index (χ0v) is 14.1. The number of carbonyl (C=O) groups excluding carboxylic acids is 2. The van der Waals surface area contributed by atoms with Crippen LogP contribution in [0.15, 0.2) is 30.4 Å². The Morgan fingerprint density at radius 2 is 1.79 bits per heavy atom. The standard InChI is InChI=1S/C19H23NO4/c1-12-7-8-13(2)17(9-12)24-11-14(21)10-20-18(22)15-5-3-4-6-16(15)19(20)23/h3-4,7-9,14-16,21H,5-6,10-11H2,1-2H3/t14-,15-,16+/m1/s1. The van der Waals surface area contributed by atoms with E-state index in [9.17, 15) is 14.7 Å². The zero-order chi connectivity index (χ0) is 17.3. The van der Waals surface area contributed by atoms with E-state index in [1.807, 2.05) is 44.2 Å². The smallest absolute Gasteiger partial charge is 0.233 e. The number of fused-ring (bicyclic) bond motifs is 1. The van der Waals surface area contributed by atoms with E-state index in [0.717, 1.165) is 11.1 Å². The Hall–Kier alpha value is -2.14. The summed E-state index contributed by atoms with van der Waals surface area (Å²) in [7, 11) is 0. The van der Waals surface area contributed by atoms with Crippen molar-refractivity contribution in [2.75, 3.05) is 13.2 Å². The number of rotatable bonds is 5. The van der Waals surface area contributed by atoms with Crippen molar-refractivity contribution < 1.29 is 19.4 Å². The highest BCUT2D eigenvalue weighted by atomic mass is 16.5. The minimum absolute atomic E-state index is 0.00443. The summed E-state index contributed by atoms with van der Waals surface area (Å²) in [5.74, 6) is -0.129. The summed E-state index contributed by atoms with van der Waals surface area (Å²) in [4.78, 5) is 26.0. The van der Waals surface area contributed by atoms with Gasteiger partial charge >= 0.3 is 0 Å². The van der Waals surface area contributed by atoms with Crippen LogP contribution in [0.4, 0.5) is 0 Å². The van der Waals surface area contributed by atoms with Crippen LogP contribution in [-0.2, 0) is 9.59 Å². The van der Waals surface area contributed by atoms with Gasteiger partial charge in [0.15, 0.2) is 0 Å². The number of nitrogens with zero attached hydrogens (tertiary/aromatic N) is 1. The molecule has 0 unspecified atom stereocenters. The summed E-state index contributed by atoms with van der Waals surface area (Å²) in [6, 6.07) is 5.87. The molecule has 1 aromatic rings. The first kappa shape index (κ1) is 16.7. The highest BCUT2D eigenvalue weighted by molar-refractivity contribution is 6.05. The van der Waals surface area contributed by atoms with Crippen molar-refractivity contribution in [1.29, 1.82) is 0 Å². The fraction of sp³-hybridized carbons (Fsp3) is 0.474. The van der Waals surface area contributed by atoms with Crippen molar-refractivity contribution in [2.45, 2.75) is 32.8 Å². The molecule has 1 fully saturated rings. The molecule has 0 saturated carbocycles. The maximum Gasteiger partial charge on any atom is 0.233 e. The van der Waals surface area contributed by atoms with Gasteiger partial charge in [-0.1, -0.05) is 24.3 Å². The molecule has 1 saturated heterocycles. The van der Waals surface area contributed by atoms with E-state index in [2.05, 4.69) is 0 Å². The van der Waals surface area contributed by atoms with Gasteiger partial charge in [0.1, 0.15) is 18.5 Å². The van der Waals surface area contributed by atoms with E-state index >= 15 is 0 Å². The molecule has 1 aliphatic heterocycles. The van der Waals surface area contributed by atoms with E-state index in [-0.39, 0.29) is 36.8 Å². The van der Waals surface area contributed by atoms with Gasteiger partial charge in [-0.05, 0) is 43.9 Å². The number of imide groups is 1. The van der Waals surface area contributed by atoms with Crippen molar-refractivity contribution >= 4 is 11.8 Å². The van der Waals surface area contributed by atoms with Crippen LogP contribution in [0, 0.1) is 25.7 Å². The van der Waals surface area contributed by atoms with Gasteiger partial charge in [0.25, 0.3) is 0 Å². The lowest BCUT2D eigenvalue weighted by Gasteiger charge is -2.20. The molecule has 1 N–H and O–H groups in total. The maximum absolute atomic E-state index is 12.4. The molecule has 128 valence electrons. The summed E-state index contributed by atoms with van der Waals surface area (Å²) >= 11 is 0. The van der Waals surface area contributed by atoms with Gasteiger partial charge in [0, 0.05) is 0 Å². The van der Waals surface area contributed by atoms with E-state index in [1.54, 1.807) is 0 Å². The lowest BCUT2D eigenvalue weighted by Crippen LogP contribution is -2.40. The van der Waals surface area contributed by atoms with Crippen molar-refractivity contribution in [2.24, 2.45) is 11.8 Å². The normalized spacial score (nSPS) is 24.2. The van der Waals surface area contributed by atoms with E-state index < -0.39 is 6.10 Å². The van der Waals surface area contributed by atoms with Gasteiger partial charge in [0.05, 0.1) is 18.4 Å². The Bertz CT molecular complexity index is 656. The number of likely N-dealkylation sites (tertiary alicyclic amines) is 1. The third kappa shape index (κ3) is 3.22. The summed E-state index contributed by atoms with van der Waals surface area (Å²) in [5.41, 5.74) is 2.06. The molecular weight excluding hydrogens is 306 g/mol. The minimum Gasteiger partial charge on any atom is -0.491 e. The molecule has 24 heavy (non-hydrogen) atoms. The Morgan fingerprint density at radius 3 is 2.42 bits per heavy atom. The predicted molar refractivity (Wildman–Crippen MR) is 89.5 cm³/mol. The number of allylic oxidation sites excluding steroid dienone is 2. The zero-order valence-electron chi connectivity index (χ0n) is 14.1. The van der Waals surface area contributed by atoms with Crippen LogP contribution in [0.2, 0.25) is 0 Å². The molecular formula is C19H23NO4.